The highest BCUT2D eigenvalue weighted by molar-refractivity contribution is 6.30. The molecule has 0 aliphatic carbocycles. The van der Waals surface area contributed by atoms with Gasteiger partial charge in [0.25, 0.3) is 0 Å². The van der Waals surface area contributed by atoms with E-state index in [1.54, 1.807) is 18.5 Å². The molecule has 0 unspecified atom stereocenters. The van der Waals surface area contributed by atoms with Gasteiger partial charge in [-0.1, -0.05) is 36.7 Å². The minimum atomic E-state index is -0.856. The second-order valence-corrected chi connectivity index (χ2v) is 7.36. The highest BCUT2D eigenvalue weighted by Crippen LogP contribution is 2.36. The molecule has 31 heavy (non-hydrogen) atoms. The third kappa shape index (κ3) is 5.70. The third-order valence-corrected chi connectivity index (χ3v) is 5.15. The van der Waals surface area contributed by atoms with Gasteiger partial charge in [-0.25, -0.2) is 14.4 Å². The number of hydrogen-bond acceptors (Lipinski definition) is 5. The van der Waals surface area contributed by atoms with E-state index in [1.807, 2.05) is 32.0 Å². The molecule has 0 amide bonds. The summed E-state index contributed by atoms with van der Waals surface area (Å²) in [7, 11) is 0. The van der Waals surface area contributed by atoms with Crippen molar-refractivity contribution in [1.29, 1.82) is 0 Å². The van der Waals surface area contributed by atoms with Crippen LogP contribution in [0.3, 0.4) is 0 Å². The van der Waals surface area contributed by atoms with Crippen molar-refractivity contribution in [2.45, 2.75) is 32.6 Å². The van der Waals surface area contributed by atoms with Crippen LogP contribution in [0.1, 0.15) is 38.2 Å². The lowest BCUT2D eigenvalue weighted by Gasteiger charge is -2.18. The van der Waals surface area contributed by atoms with E-state index >= 15 is 0 Å². The Kier molecular flexibility index (Phi) is 7.41. The summed E-state index contributed by atoms with van der Waals surface area (Å²) in [5.41, 5.74) is 3.53. The fourth-order valence-corrected chi connectivity index (χ4v) is 3.40. The van der Waals surface area contributed by atoms with Crippen molar-refractivity contribution >= 4 is 28.9 Å². The van der Waals surface area contributed by atoms with Crippen LogP contribution in [-0.4, -0.2) is 27.7 Å². The standard InChI is InChI=1S/C23H23ClFN3O3/c1-3-14(11-22(29)30)15-5-7-18(16-6-8-19(24)20(25)9-16)21(10-15)28-17-12-26-23(27-13-17)31-4-2/h5-10,12-14,28H,3-4,11H2,1-2H3,(H,29,30)/t14-/m1/s1. The number of carboxylic acids is 1. The summed E-state index contributed by atoms with van der Waals surface area (Å²) in [6.07, 6.45) is 3.88. The fraction of sp³-hybridized carbons (Fsp3) is 0.261. The van der Waals surface area contributed by atoms with Gasteiger partial charge >= 0.3 is 12.0 Å². The minimum absolute atomic E-state index is 0.0248. The molecule has 0 saturated heterocycles. The number of aromatic nitrogens is 2. The zero-order valence-corrected chi connectivity index (χ0v) is 18.0. The second-order valence-electron chi connectivity index (χ2n) is 6.95. The minimum Gasteiger partial charge on any atom is -0.481 e. The Morgan fingerprint density at radius 1 is 1.19 bits per heavy atom. The van der Waals surface area contributed by atoms with Crippen LogP contribution in [-0.2, 0) is 4.79 Å². The van der Waals surface area contributed by atoms with Gasteiger partial charge < -0.3 is 15.2 Å². The molecule has 0 aliphatic heterocycles. The van der Waals surface area contributed by atoms with Crippen molar-refractivity contribution in [3.63, 3.8) is 0 Å². The van der Waals surface area contributed by atoms with Gasteiger partial charge in [0.1, 0.15) is 5.82 Å². The van der Waals surface area contributed by atoms with Gasteiger partial charge in [-0.3, -0.25) is 4.79 Å². The van der Waals surface area contributed by atoms with Crippen molar-refractivity contribution in [2.24, 2.45) is 0 Å². The number of halogens is 2. The molecule has 1 heterocycles. The van der Waals surface area contributed by atoms with Gasteiger partial charge in [-0.15, -0.1) is 0 Å². The molecule has 1 atom stereocenters. The Labute approximate surface area is 185 Å². The molecule has 1 aromatic heterocycles. The van der Waals surface area contributed by atoms with E-state index < -0.39 is 11.8 Å². The van der Waals surface area contributed by atoms with E-state index in [0.29, 0.717) is 30.0 Å². The van der Waals surface area contributed by atoms with E-state index in [9.17, 15) is 14.3 Å². The molecule has 0 bridgehead atoms. The fourth-order valence-electron chi connectivity index (χ4n) is 3.28. The van der Waals surface area contributed by atoms with Crippen molar-refractivity contribution in [2.75, 3.05) is 11.9 Å². The molecule has 2 aromatic carbocycles. The lowest BCUT2D eigenvalue weighted by Crippen LogP contribution is -2.06. The highest BCUT2D eigenvalue weighted by atomic mass is 35.5. The monoisotopic (exact) mass is 443 g/mol. The van der Waals surface area contributed by atoms with Crippen LogP contribution in [0.25, 0.3) is 11.1 Å². The molecule has 162 valence electrons. The molecule has 0 fully saturated rings. The van der Waals surface area contributed by atoms with Crippen LogP contribution in [0, 0.1) is 5.82 Å². The Hall–Kier alpha value is -3.19. The van der Waals surface area contributed by atoms with Gasteiger partial charge in [-0.2, -0.15) is 0 Å². The Morgan fingerprint density at radius 2 is 1.94 bits per heavy atom. The summed E-state index contributed by atoms with van der Waals surface area (Å²) in [5.74, 6) is -1.52. The molecular formula is C23H23ClFN3O3. The lowest BCUT2D eigenvalue weighted by atomic mass is 9.90. The number of carboxylic acid groups (broad SMARTS) is 1. The SMILES string of the molecule is CCOc1ncc(Nc2cc([C@H](CC)CC(=O)O)ccc2-c2ccc(Cl)c(F)c2)cn1. The number of rotatable bonds is 9. The quantitative estimate of drug-likeness (QED) is 0.419. The molecule has 0 aliphatic rings. The number of anilines is 2. The summed E-state index contributed by atoms with van der Waals surface area (Å²) in [6, 6.07) is 10.5. The van der Waals surface area contributed by atoms with Gasteiger partial charge in [0, 0.05) is 11.3 Å². The van der Waals surface area contributed by atoms with Crippen LogP contribution < -0.4 is 10.1 Å². The average Bonchev–Trinajstić information content (AvgIpc) is 2.75. The zero-order valence-electron chi connectivity index (χ0n) is 17.2. The number of benzene rings is 2. The summed E-state index contributed by atoms with van der Waals surface area (Å²) in [6.45, 7) is 4.26. The second kappa shape index (κ2) is 10.2. The Morgan fingerprint density at radius 3 is 2.55 bits per heavy atom. The molecule has 0 saturated carbocycles. The maximum atomic E-state index is 14.1. The number of nitrogens with one attached hydrogen (secondary N) is 1. The van der Waals surface area contributed by atoms with E-state index in [4.69, 9.17) is 16.3 Å². The first-order valence-electron chi connectivity index (χ1n) is 9.94. The largest absolute Gasteiger partial charge is 0.481 e. The first-order chi connectivity index (χ1) is 14.9. The van der Waals surface area contributed by atoms with Gasteiger partial charge in [-0.05, 0) is 48.6 Å². The first-order valence-corrected chi connectivity index (χ1v) is 10.3. The van der Waals surface area contributed by atoms with E-state index in [0.717, 1.165) is 11.1 Å². The molecule has 3 aromatic rings. The predicted octanol–water partition coefficient (Wildman–Crippen LogP) is 6.05. The smallest absolute Gasteiger partial charge is 0.316 e. The number of aliphatic carboxylic acids is 1. The Bertz CT molecular complexity index is 1060. The lowest BCUT2D eigenvalue weighted by molar-refractivity contribution is -0.137. The van der Waals surface area contributed by atoms with Crippen LogP contribution in [0.2, 0.25) is 5.02 Å². The maximum Gasteiger partial charge on any atom is 0.316 e. The van der Waals surface area contributed by atoms with E-state index in [2.05, 4.69) is 15.3 Å². The first kappa shape index (κ1) is 22.5. The zero-order chi connectivity index (χ0) is 22.4. The molecule has 2 N–H and O–H groups in total. The van der Waals surface area contributed by atoms with Crippen LogP contribution in [0.15, 0.2) is 48.8 Å². The molecule has 0 spiro atoms. The molecule has 0 radical (unpaired) electrons. The molecule has 8 heteroatoms. The van der Waals surface area contributed by atoms with Gasteiger partial charge in [0.05, 0.1) is 36.1 Å². The van der Waals surface area contributed by atoms with E-state index in [1.165, 1.54) is 12.1 Å². The van der Waals surface area contributed by atoms with Crippen LogP contribution in [0.5, 0.6) is 6.01 Å². The van der Waals surface area contributed by atoms with Crippen molar-refractivity contribution in [3.05, 3.63) is 65.2 Å². The topological polar surface area (TPSA) is 84.3 Å². The molecular weight excluding hydrogens is 421 g/mol. The van der Waals surface area contributed by atoms with Crippen LogP contribution >= 0.6 is 11.6 Å². The van der Waals surface area contributed by atoms with Crippen LogP contribution in [0.4, 0.5) is 15.8 Å². The number of nitrogens with zero attached hydrogens (tertiary/aromatic N) is 2. The van der Waals surface area contributed by atoms with Crippen molar-refractivity contribution in [3.8, 4) is 17.1 Å². The highest BCUT2D eigenvalue weighted by Gasteiger charge is 2.17. The predicted molar refractivity (Wildman–Crippen MR) is 119 cm³/mol. The van der Waals surface area contributed by atoms with Crippen molar-refractivity contribution < 1.29 is 19.0 Å². The maximum absolute atomic E-state index is 14.1. The number of hydrogen-bond donors (Lipinski definition) is 2. The number of carbonyl (C=O) groups is 1. The summed E-state index contributed by atoms with van der Waals surface area (Å²) >= 11 is 5.84. The summed E-state index contributed by atoms with van der Waals surface area (Å²) in [4.78, 5) is 19.6. The summed E-state index contributed by atoms with van der Waals surface area (Å²) < 4.78 is 19.4. The van der Waals surface area contributed by atoms with E-state index in [-0.39, 0.29) is 23.4 Å². The van der Waals surface area contributed by atoms with Crippen molar-refractivity contribution in [1.82, 2.24) is 9.97 Å². The summed E-state index contributed by atoms with van der Waals surface area (Å²) in [5, 5.41) is 12.5. The van der Waals surface area contributed by atoms with Gasteiger partial charge in [0.2, 0.25) is 0 Å². The third-order valence-electron chi connectivity index (χ3n) is 4.84. The molecule has 3 rings (SSSR count). The van der Waals surface area contributed by atoms with Gasteiger partial charge in [0.15, 0.2) is 0 Å². The molecule has 6 nitrogen and oxygen atoms in total. The normalized spacial score (nSPS) is 11.7. The average molecular weight is 444 g/mol. The number of ether oxygens (including phenoxy) is 1. The Balaban J connectivity index is 2.03.